The van der Waals surface area contributed by atoms with Crippen molar-refractivity contribution < 1.29 is 93.7 Å². The summed E-state index contributed by atoms with van der Waals surface area (Å²) in [5.74, 6) is -1.90. The van der Waals surface area contributed by atoms with Crippen LogP contribution in [0.4, 0.5) is 11.5 Å². The van der Waals surface area contributed by atoms with Crippen LogP contribution in [0.2, 0.25) is 0 Å². The number of phosphoric ester groups is 3. The molecule has 7 unspecified atom stereocenters. The summed E-state index contributed by atoms with van der Waals surface area (Å²) in [6.45, 7) is 4.45. The minimum Gasteiger partial charge on any atom is -0.386 e. The molecule has 74 heavy (non-hydrogen) atoms. The minimum absolute atomic E-state index is 0.00999. The molecule has 0 spiro atoms. The van der Waals surface area contributed by atoms with Gasteiger partial charge in [-0.05, 0) is 55.2 Å². The molecule has 1 fully saturated rings. The Morgan fingerprint density at radius 3 is 2.26 bits per heavy atom. The van der Waals surface area contributed by atoms with Crippen molar-refractivity contribution in [1.29, 1.82) is 0 Å². The van der Waals surface area contributed by atoms with E-state index in [1.54, 1.807) is 13.8 Å². The van der Waals surface area contributed by atoms with Gasteiger partial charge in [0.2, 0.25) is 32.9 Å². The van der Waals surface area contributed by atoms with Crippen LogP contribution in [0.3, 0.4) is 0 Å². The van der Waals surface area contributed by atoms with E-state index < -0.39 is 106 Å². The van der Waals surface area contributed by atoms with E-state index >= 15 is 0 Å². The van der Waals surface area contributed by atoms with Crippen LogP contribution in [-0.4, -0.2) is 144 Å². The predicted octanol–water partition coefficient (Wildman–Crippen LogP) is 0.750. The lowest BCUT2D eigenvalue weighted by Crippen LogP contribution is -2.46. The van der Waals surface area contributed by atoms with Crippen molar-refractivity contribution in [3.8, 4) is 0 Å². The molecule has 0 saturated carbocycles. The van der Waals surface area contributed by atoms with E-state index in [1.165, 1.54) is 26.0 Å². The number of nitrogens with two attached hydrogens (primary N) is 1. The smallest absolute Gasteiger partial charge is 0.386 e. The predicted molar refractivity (Wildman–Crippen MR) is 262 cm³/mol. The van der Waals surface area contributed by atoms with Crippen molar-refractivity contribution in [2.45, 2.75) is 83.0 Å². The van der Waals surface area contributed by atoms with Gasteiger partial charge in [-0.25, -0.2) is 41.8 Å². The molecule has 1 aliphatic heterocycles. The van der Waals surface area contributed by atoms with Crippen LogP contribution in [0.5, 0.6) is 0 Å². The highest BCUT2D eigenvalue weighted by atomic mass is 32.2. The maximum absolute atomic E-state index is 13.2. The van der Waals surface area contributed by atoms with Gasteiger partial charge in [0.1, 0.15) is 36.3 Å². The zero-order chi connectivity index (χ0) is 55.0. The fourth-order valence-electron chi connectivity index (χ4n) is 7.21. The number of thioether (sulfide) groups is 1. The Morgan fingerprint density at radius 2 is 1.59 bits per heavy atom. The normalized spacial score (nSPS) is 19.3. The Morgan fingerprint density at radius 1 is 0.932 bits per heavy atom. The van der Waals surface area contributed by atoms with Gasteiger partial charge in [-0.15, -0.1) is 0 Å². The van der Waals surface area contributed by atoms with Crippen molar-refractivity contribution in [3.63, 3.8) is 0 Å². The summed E-state index contributed by atoms with van der Waals surface area (Å²) in [7, 11) is -20.7. The number of hydrogen-bond donors (Lipinski definition) is 11. The molecule has 408 valence electrons. The molecule has 1 saturated heterocycles. The lowest BCUT2D eigenvalue weighted by atomic mass is 9.87. The second kappa shape index (κ2) is 25.0. The molecule has 12 N–H and O–H groups in total. The molecular weight excluding hydrogens is 1080 g/mol. The number of aliphatic hydroxyl groups is 2. The highest BCUT2D eigenvalue weighted by molar-refractivity contribution is 8.13. The van der Waals surface area contributed by atoms with Crippen LogP contribution < -0.4 is 26.4 Å². The summed E-state index contributed by atoms with van der Waals surface area (Å²) in [5.41, 5.74) is 7.07. The van der Waals surface area contributed by atoms with Crippen molar-refractivity contribution in [2.24, 2.45) is 5.41 Å². The van der Waals surface area contributed by atoms with Crippen molar-refractivity contribution >= 4 is 90.8 Å². The molecule has 29 nitrogen and oxygen atoms in total. The number of hydrogen-bond acceptors (Lipinski definition) is 21. The first-order chi connectivity index (χ1) is 34.4. The standard InChI is InChI=1S/C40H56N9O20P3S2/c1-22-8-6-7-9-25(22)16-29(51)48-26-14-23(2)34(24(3)15-26)74(63,64)47-17-30(52)73-13-12-42-28(50)10-11-43-38(55)35(54)40(4,5)19-66-72(61,62)69-71(59,60)65-18-27-33(68-70(56,57)58)32(53)39(67-27)49-21-46-31-36(41)44-20-45-37(31)49/h6-9,14-15,20-21,27,32-33,35,39,47,53-54H,10-13,16-19H2,1-5H3,(H,42,50)(H,43,55)(H,48,51)(H,59,60)(H,61,62)(H2,41,44,45)(H2,56,57,58). The third kappa shape index (κ3) is 16.9. The Kier molecular flexibility index (Phi) is 20.4. The summed E-state index contributed by atoms with van der Waals surface area (Å²) in [6.07, 6.45) is -7.14. The Hall–Kier alpha value is -4.62. The molecule has 3 amide bonds. The van der Waals surface area contributed by atoms with Gasteiger partial charge < -0.3 is 56.2 Å². The first kappa shape index (κ1) is 60.2. The number of nitrogens with zero attached hydrogens (tertiary/aromatic N) is 4. The molecule has 2 aromatic carbocycles. The number of anilines is 2. The van der Waals surface area contributed by atoms with E-state index in [-0.39, 0.29) is 59.5 Å². The second-order valence-corrected chi connectivity index (χ2v) is 24.3. The lowest BCUT2D eigenvalue weighted by Gasteiger charge is -2.30. The molecule has 7 atom stereocenters. The van der Waals surface area contributed by atoms with Gasteiger partial charge in [-0.2, -0.15) is 4.31 Å². The molecule has 4 aromatic rings. The zero-order valence-electron chi connectivity index (χ0n) is 40.1. The summed E-state index contributed by atoms with van der Waals surface area (Å²) in [4.78, 5) is 101. The summed E-state index contributed by atoms with van der Waals surface area (Å²) >= 11 is 0.751. The average Bonchev–Trinajstić information content (AvgIpc) is 3.85. The molecule has 34 heteroatoms. The third-order valence-corrected chi connectivity index (χ3v) is 16.5. The van der Waals surface area contributed by atoms with Crippen LogP contribution in [-0.2, 0) is 71.9 Å². The number of benzene rings is 2. The number of nitrogens with one attached hydrogen (secondary N) is 4. The van der Waals surface area contributed by atoms with Gasteiger partial charge in [0.05, 0.1) is 37.4 Å². The fourth-order valence-corrected chi connectivity index (χ4v) is 12.2. The van der Waals surface area contributed by atoms with Gasteiger partial charge in [0.25, 0.3) is 0 Å². The molecule has 0 radical (unpaired) electrons. The number of amides is 3. The SMILES string of the molecule is Cc1ccccc1CC(=O)Nc1cc(C)c(S(=O)(=O)NCC(=O)SCCNC(=O)CCNC(=O)C(O)C(C)(C)COP(=O)(O)OP(=O)(O)OCC2OC(n3cnc4c(N)ncnc43)C(O)C2OP(=O)(O)O)c(C)c1. The quantitative estimate of drug-likeness (QED) is 0.0305. The Bertz CT molecular complexity index is 2960. The number of rotatable bonds is 26. The number of carbonyl (C=O) groups is 4. The van der Waals surface area contributed by atoms with E-state index in [0.717, 1.165) is 40.1 Å². The molecular formula is C40H56N9O20P3S2. The van der Waals surface area contributed by atoms with Crippen LogP contribution in [0, 0.1) is 26.2 Å². The van der Waals surface area contributed by atoms with Crippen LogP contribution in [0.15, 0.2) is 53.9 Å². The average molecular weight is 1140 g/mol. The minimum atomic E-state index is -5.63. The monoisotopic (exact) mass is 1140 g/mol. The summed E-state index contributed by atoms with van der Waals surface area (Å²) in [6, 6.07) is 10.5. The molecule has 2 aromatic heterocycles. The number of aryl methyl sites for hydroxylation is 3. The van der Waals surface area contributed by atoms with E-state index in [1.807, 2.05) is 31.2 Å². The first-order valence-corrected chi connectivity index (χ1v) is 28.9. The molecule has 0 aliphatic carbocycles. The highest BCUT2D eigenvalue weighted by Crippen LogP contribution is 2.61. The van der Waals surface area contributed by atoms with E-state index in [2.05, 4.69) is 44.5 Å². The van der Waals surface area contributed by atoms with Crippen molar-refractivity contribution in [1.82, 2.24) is 34.9 Å². The van der Waals surface area contributed by atoms with Gasteiger partial charge in [-0.3, -0.25) is 37.3 Å². The molecule has 3 heterocycles. The van der Waals surface area contributed by atoms with E-state index in [4.69, 9.17) is 19.5 Å². The number of sulfonamides is 1. The Labute approximate surface area is 427 Å². The fraction of sp³-hybridized carbons (Fsp3) is 0.475. The number of phosphoric acid groups is 3. The van der Waals surface area contributed by atoms with Crippen molar-refractivity contribution in [2.75, 3.05) is 49.7 Å². The number of nitrogen functional groups attached to an aromatic ring is 1. The first-order valence-electron chi connectivity index (χ1n) is 21.9. The third-order valence-electron chi connectivity index (χ3n) is 10.8. The number of fused-ring (bicyclic) bond motifs is 1. The Balaban J connectivity index is 0.995. The summed E-state index contributed by atoms with van der Waals surface area (Å²) in [5, 5.41) is 28.7. The zero-order valence-corrected chi connectivity index (χ0v) is 44.4. The van der Waals surface area contributed by atoms with Gasteiger partial charge in [-0.1, -0.05) is 49.9 Å². The van der Waals surface area contributed by atoms with Gasteiger partial charge >= 0.3 is 23.5 Å². The lowest BCUT2D eigenvalue weighted by molar-refractivity contribution is -0.137. The van der Waals surface area contributed by atoms with Gasteiger partial charge in [0.15, 0.2) is 17.7 Å². The number of ether oxygens (including phenoxy) is 1. The maximum atomic E-state index is 13.2. The number of aliphatic hydroxyl groups excluding tert-OH is 2. The second-order valence-electron chi connectivity index (χ2n) is 17.2. The molecule has 5 rings (SSSR count). The number of imidazole rings is 1. The number of aromatic nitrogens is 4. The van der Waals surface area contributed by atoms with Gasteiger partial charge in [0, 0.05) is 36.4 Å². The number of carbonyl (C=O) groups excluding carboxylic acids is 4. The van der Waals surface area contributed by atoms with Crippen LogP contribution in [0.25, 0.3) is 11.2 Å². The van der Waals surface area contributed by atoms with Crippen LogP contribution in [0.1, 0.15) is 48.8 Å². The summed E-state index contributed by atoms with van der Waals surface area (Å²) < 4.78 is 91.1. The largest absolute Gasteiger partial charge is 0.481 e. The molecule has 0 bridgehead atoms. The maximum Gasteiger partial charge on any atom is 0.481 e. The topological polar surface area (TPSA) is 439 Å². The van der Waals surface area contributed by atoms with E-state index in [9.17, 15) is 71.1 Å². The van der Waals surface area contributed by atoms with Crippen LogP contribution >= 0.6 is 35.2 Å². The van der Waals surface area contributed by atoms with E-state index in [0.29, 0.717) is 16.8 Å². The van der Waals surface area contributed by atoms with Crippen molar-refractivity contribution in [3.05, 3.63) is 71.3 Å². The highest BCUT2D eigenvalue weighted by Gasteiger charge is 2.50. The molecule has 1 aliphatic rings.